The van der Waals surface area contributed by atoms with Crippen LogP contribution in [-0.2, 0) is 4.74 Å². The summed E-state index contributed by atoms with van der Waals surface area (Å²) in [4.78, 5) is 4.46. The first-order valence-corrected chi connectivity index (χ1v) is 6.85. The highest BCUT2D eigenvalue weighted by atomic mass is 16.5. The van der Waals surface area contributed by atoms with Gasteiger partial charge in [-0.05, 0) is 37.5 Å². The molecule has 0 saturated heterocycles. The molecular formula is C15H21N3O2. The number of aromatic nitrogens is 2. The highest BCUT2D eigenvalue weighted by Gasteiger charge is 2.23. The largest absolute Gasteiger partial charge is 0.398 e. The van der Waals surface area contributed by atoms with Crippen LogP contribution in [0.5, 0.6) is 0 Å². The molecule has 108 valence electrons. The van der Waals surface area contributed by atoms with Gasteiger partial charge < -0.3 is 15.0 Å². The molecule has 2 rings (SSSR count). The normalized spacial score (nSPS) is 12.8. The van der Waals surface area contributed by atoms with Gasteiger partial charge in [0, 0.05) is 17.9 Å². The van der Waals surface area contributed by atoms with Crippen LogP contribution in [0, 0.1) is 12.8 Å². The third-order valence-electron chi connectivity index (χ3n) is 3.25. The Bertz CT molecular complexity index is 578. The van der Waals surface area contributed by atoms with E-state index in [-0.39, 0.29) is 12.0 Å². The van der Waals surface area contributed by atoms with Gasteiger partial charge in [0.1, 0.15) is 6.10 Å². The number of benzene rings is 1. The van der Waals surface area contributed by atoms with Gasteiger partial charge in [-0.3, -0.25) is 0 Å². The minimum Gasteiger partial charge on any atom is -0.398 e. The van der Waals surface area contributed by atoms with Gasteiger partial charge in [0.05, 0.1) is 0 Å². The lowest BCUT2D eigenvalue weighted by Crippen LogP contribution is -2.12. The third kappa shape index (κ3) is 2.82. The summed E-state index contributed by atoms with van der Waals surface area (Å²) in [6.45, 7) is 8.66. The van der Waals surface area contributed by atoms with Crippen molar-refractivity contribution in [3.8, 4) is 11.5 Å². The summed E-state index contributed by atoms with van der Waals surface area (Å²) in [6.07, 6.45) is -0.154. The van der Waals surface area contributed by atoms with E-state index in [1.165, 1.54) is 0 Å². The van der Waals surface area contributed by atoms with Crippen LogP contribution >= 0.6 is 0 Å². The number of nitrogens with zero attached hydrogens (tertiary/aromatic N) is 2. The maximum absolute atomic E-state index is 5.91. The molecule has 0 aliphatic carbocycles. The maximum Gasteiger partial charge on any atom is 0.258 e. The van der Waals surface area contributed by atoms with Crippen LogP contribution in [-0.4, -0.2) is 16.7 Å². The summed E-state index contributed by atoms with van der Waals surface area (Å²) < 4.78 is 11.1. The molecule has 5 nitrogen and oxygen atoms in total. The van der Waals surface area contributed by atoms with E-state index in [2.05, 4.69) is 24.0 Å². The quantitative estimate of drug-likeness (QED) is 0.847. The van der Waals surface area contributed by atoms with Crippen LogP contribution in [0.3, 0.4) is 0 Å². The molecule has 0 amide bonds. The van der Waals surface area contributed by atoms with Crippen LogP contribution < -0.4 is 5.73 Å². The zero-order valence-corrected chi connectivity index (χ0v) is 12.4. The minimum absolute atomic E-state index is 0.154. The lowest BCUT2D eigenvalue weighted by atomic mass is 10.1. The molecule has 0 bridgehead atoms. The average Bonchev–Trinajstić information content (AvgIpc) is 2.88. The standard InChI is InChI=1S/C15H21N3O2/c1-5-19-13(9(2)3)14-17-15(20-18-14)11-7-6-8-12(16)10(11)4/h6-9,13H,5,16H2,1-4H3. The fourth-order valence-electron chi connectivity index (χ4n) is 2.09. The van der Waals surface area contributed by atoms with E-state index in [0.717, 1.165) is 11.1 Å². The van der Waals surface area contributed by atoms with Crippen molar-refractivity contribution in [2.75, 3.05) is 12.3 Å². The Morgan fingerprint density at radius 1 is 1.35 bits per heavy atom. The lowest BCUT2D eigenvalue weighted by molar-refractivity contribution is 0.0217. The SMILES string of the molecule is CCOC(c1noc(-c2cccc(N)c2C)n1)C(C)C. The lowest BCUT2D eigenvalue weighted by Gasteiger charge is -2.16. The molecule has 1 heterocycles. The smallest absolute Gasteiger partial charge is 0.258 e. The number of rotatable bonds is 5. The molecule has 5 heteroatoms. The number of anilines is 1. The van der Waals surface area contributed by atoms with E-state index in [1.54, 1.807) is 0 Å². The summed E-state index contributed by atoms with van der Waals surface area (Å²) in [6, 6.07) is 5.66. The minimum atomic E-state index is -0.154. The molecule has 0 fully saturated rings. The van der Waals surface area contributed by atoms with Gasteiger partial charge >= 0.3 is 0 Å². The van der Waals surface area contributed by atoms with Crippen LogP contribution in [0.25, 0.3) is 11.5 Å². The molecule has 2 aromatic rings. The van der Waals surface area contributed by atoms with Crippen molar-refractivity contribution < 1.29 is 9.26 Å². The fourth-order valence-corrected chi connectivity index (χ4v) is 2.09. The van der Waals surface area contributed by atoms with E-state index in [9.17, 15) is 0 Å². The predicted octanol–water partition coefficient (Wildman–Crippen LogP) is 3.36. The Morgan fingerprint density at radius 3 is 2.75 bits per heavy atom. The topological polar surface area (TPSA) is 74.2 Å². The van der Waals surface area contributed by atoms with Crippen LogP contribution in [0.2, 0.25) is 0 Å². The number of nitrogen functional groups attached to an aromatic ring is 1. The van der Waals surface area contributed by atoms with Crippen molar-refractivity contribution in [1.82, 2.24) is 10.1 Å². The highest BCUT2D eigenvalue weighted by molar-refractivity contribution is 5.66. The summed E-state index contributed by atoms with van der Waals surface area (Å²) in [5.74, 6) is 1.34. The van der Waals surface area contributed by atoms with Crippen LogP contribution in [0.4, 0.5) is 5.69 Å². The van der Waals surface area contributed by atoms with Crippen molar-refractivity contribution >= 4 is 5.69 Å². The first-order chi connectivity index (χ1) is 9.54. The first-order valence-electron chi connectivity index (χ1n) is 6.85. The van der Waals surface area contributed by atoms with E-state index in [1.807, 2.05) is 32.0 Å². The van der Waals surface area contributed by atoms with E-state index >= 15 is 0 Å². The molecule has 0 aliphatic rings. The Kier molecular flexibility index (Phi) is 4.39. The number of nitrogens with two attached hydrogens (primary N) is 1. The Hall–Kier alpha value is -1.88. The molecule has 2 N–H and O–H groups in total. The number of hydrogen-bond acceptors (Lipinski definition) is 5. The van der Waals surface area contributed by atoms with Gasteiger partial charge in [0.2, 0.25) is 5.82 Å². The van der Waals surface area contributed by atoms with Crippen molar-refractivity contribution in [3.05, 3.63) is 29.6 Å². The van der Waals surface area contributed by atoms with E-state index < -0.39 is 0 Å². The second kappa shape index (κ2) is 6.05. The summed E-state index contributed by atoms with van der Waals surface area (Å²) in [5, 5.41) is 4.05. The molecule has 1 aromatic heterocycles. The van der Waals surface area contributed by atoms with Gasteiger partial charge in [-0.15, -0.1) is 0 Å². The van der Waals surface area contributed by atoms with Crippen molar-refractivity contribution in [2.45, 2.75) is 33.8 Å². The second-order valence-corrected chi connectivity index (χ2v) is 5.10. The van der Waals surface area contributed by atoms with E-state index in [4.69, 9.17) is 15.0 Å². The highest BCUT2D eigenvalue weighted by Crippen LogP contribution is 2.29. The molecule has 0 saturated carbocycles. The number of hydrogen-bond donors (Lipinski definition) is 1. The van der Waals surface area contributed by atoms with Gasteiger partial charge in [-0.1, -0.05) is 25.1 Å². The summed E-state index contributed by atoms with van der Waals surface area (Å²) in [5.41, 5.74) is 8.43. The molecule has 0 spiro atoms. The summed E-state index contributed by atoms with van der Waals surface area (Å²) >= 11 is 0. The molecular weight excluding hydrogens is 254 g/mol. The van der Waals surface area contributed by atoms with Crippen LogP contribution in [0.1, 0.15) is 38.3 Å². The van der Waals surface area contributed by atoms with Gasteiger partial charge in [0.15, 0.2) is 0 Å². The monoisotopic (exact) mass is 275 g/mol. The Balaban J connectivity index is 2.35. The molecule has 0 radical (unpaired) electrons. The molecule has 1 aromatic carbocycles. The number of ether oxygens (including phenoxy) is 1. The summed E-state index contributed by atoms with van der Waals surface area (Å²) in [7, 11) is 0. The van der Waals surface area contributed by atoms with Crippen molar-refractivity contribution in [2.24, 2.45) is 5.92 Å². The maximum atomic E-state index is 5.91. The van der Waals surface area contributed by atoms with Crippen molar-refractivity contribution in [3.63, 3.8) is 0 Å². The second-order valence-electron chi connectivity index (χ2n) is 5.10. The van der Waals surface area contributed by atoms with Crippen molar-refractivity contribution in [1.29, 1.82) is 0 Å². The fraction of sp³-hybridized carbons (Fsp3) is 0.467. The van der Waals surface area contributed by atoms with Crippen LogP contribution in [0.15, 0.2) is 22.7 Å². The molecule has 20 heavy (non-hydrogen) atoms. The first kappa shape index (κ1) is 14.5. The molecule has 0 aliphatic heterocycles. The molecule has 1 atom stereocenters. The zero-order chi connectivity index (χ0) is 14.7. The Morgan fingerprint density at radius 2 is 2.10 bits per heavy atom. The molecule has 1 unspecified atom stereocenters. The van der Waals surface area contributed by atoms with E-state index in [0.29, 0.717) is 24.0 Å². The predicted molar refractivity (Wildman–Crippen MR) is 78.1 cm³/mol. The Labute approximate surface area is 119 Å². The zero-order valence-electron chi connectivity index (χ0n) is 12.4. The average molecular weight is 275 g/mol. The third-order valence-corrected chi connectivity index (χ3v) is 3.25. The van der Waals surface area contributed by atoms with Gasteiger partial charge in [0.25, 0.3) is 5.89 Å². The van der Waals surface area contributed by atoms with Gasteiger partial charge in [-0.25, -0.2) is 0 Å². The van der Waals surface area contributed by atoms with Gasteiger partial charge in [-0.2, -0.15) is 4.98 Å².